The van der Waals surface area contributed by atoms with Gasteiger partial charge in [0.15, 0.2) is 0 Å². The standard InChI is InChI=1S/C6H6ClNO2S.C6H7NS.2C2H6/c7-11(9,10)6-3-1-2-5(8)4-6;7-5-2-1-3-6(8)4-5;2*1-2/h1-4H,8H2;1-4,8H,7H2;2*1-2H3. The van der Waals surface area contributed by atoms with Crippen LogP contribution in [0.25, 0.3) is 0 Å². The fraction of sp³-hybridized carbons (Fsp3) is 0.250. The maximum atomic E-state index is 10.7. The summed E-state index contributed by atoms with van der Waals surface area (Å²) < 4.78 is 21.4. The third-order valence-electron chi connectivity index (χ3n) is 2.01. The summed E-state index contributed by atoms with van der Waals surface area (Å²) in [5.41, 5.74) is 11.9. The van der Waals surface area contributed by atoms with Crippen molar-refractivity contribution in [2.45, 2.75) is 37.5 Å². The molecule has 7 heteroatoms. The molecular weight excluding hydrogens is 352 g/mol. The smallest absolute Gasteiger partial charge is 0.261 e. The van der Waals surface area contributed by atoms with Gasteiger partial charge in [-0.05, 0) is 36.4 Å². The van der Waals surface area contributed by atoms with E-state index in [9.17, 15) is 8.42 Å². The highest BCUT2D eigenvalue weighted by Crippen LogP contribution is 2.16. The lowest BCUT2D eigenvalue weighted by Crippen LogP contribution is -1.92. The Hall–Kier alpha value is -1.37. The second-order valence-electron chi connectivity index (χ2n) is 3.61. The molecule has 4 N–H and O–H groups in total. The van der Waals surface area contributed by atoms with Crippen LogP contribution in [0.15, 0.2) is 58.3 Å². The van der Waals surface area contributed by atoms with E-state index in [4.69, 9.17) is 22.1 Å². The largest absolute Gasteiger partial charge is 0.399 e. The molecule has 4 nitrogen and oxygen atoms in total. The van der Waals surface area contributed by atoms with Crippen LogP contribution in [0.3, 0.4) is 0 Å². The molecule has 23 heavy (non-hydrogen) atoms. The summed E-state index contributed by atoms with van der Waals surface area (Å²) in [6, 6.07) is 13.2. The number of anilines is 2. The molecule has 0 spiro atoms. The molecule has 0 fully saturated rings. The number of benzene rings is 2. The number of rotatable bonds is 1. The third kappa shape index (κ3) is 11.8. The molecule has 2 rings (SSSR count). The zero-order chi connectivity index (χ0) is 18.5. The summed E-state index contributed by atoms with van der Waals surface area (Å²) >= 11 is 4.07. The number of nitrogen functional groups attached to an aromatic ring is 2. The molecule has 0 atom stereocenters. The van der Waals surface area contributed by atoms with E-state index in [1.165, 1.54) is 18.2 Å². The lowest BCUT2D eigenvalue weighted by Gasteiger charge is -1.95. The van der Waals surface area contributed by atoms with Gasteiger partial charge in [-0.3, -0.25) is 0 Å². The number of thiol groups is 1. The Morgan fingerprint density at radius 1 is 0.870 bits per heavy atom. The number of hydrogen-bond acceptors (Lipinski definition) is 5. The number of halogens is 1. The minimum Gasteiger partial charge on any atom is -0.399 e. The van der Waals surface area contributed by atoms with Crippen LogP contribution in [0.5, 0.6) is 0 Å². The van der Waals surface area contributed by atoms with Crippen molar-refractivity contribution in [3.63, 3.8) is 0 Å². The third-order valence-corrected chi connectivity index (χ3v) is 3.64. The van der Waals surface area contributed by atoms with E-state index >= 15 is 0 Å². The van der Waals surface area contributed by atoms with Crippen molar-refractivity contribution in [1.29, 1.82) is 0 Å². The van der Waals surface area contributed by atoms with Crippen molar-refractivity contribution in [2.75, 3.05) is 11.5 Å². The minimum atomic E-state index is -3.63. The summed E-state index contributed by atoms with van der Waals surface area (Å²) in [5, 5.41) is 0. The molecule has 0 radical (unpaired) electrons. The summed E-state index contributed by atoms with van der Waals surface area (Å²) in [6.45, 7) is 8.00. The number of hydrogen-bond donors (Lipinski definition) is 3. The topological polar surface area (TPSA) is 86.2 Å². The van der Waals surface area contributed by atoms with Gasteiger partial charge in [0, 0.05) is 27.0 Å². The van der Waals surface area contributed by atoms with Crippen LogP contribution in [0.2, 0.25) is 0 Å². The monoisotopic (exact) mass is 376 g/mol. The molecule has 0 aromatic heterocycles. The summed E-state index contributed by atoms with van der Waals surface area (Å²) in [7, 11) is 1.41. The van der Waals surface area contributed by atoms with Crippen LogP contribution in [0, 0.1) is 0 Å². The molecule has 2 aromatic carbocycles. The lowest BCUT2D eigenvalue weighted by molar-refractivity contribution is 0.609. The van der Waals surface area contributed by atoms with E-state index in [1.54, 1.807) is 6.07 Å². The normalized spacial score (nSPS) is 9.13. The second kappa shape index (κ2) is 13.1. The van der Waals surface area contributed by atoms with Crippen molar-refractivity contribution in [3.8, 4) is 0 Å². The molecule has 0 aliphatic carbocycles. The maximum absolute atomic E-state index is 10.7. The Bertz CT molecular complexity index is 645. The Labute approximate surface area is 149 Å². The molecule has 0 aliphatic rings. The van der Waals surface area contributed by atoms with Crippen LogP contribution in [-0.2, 0) is 9.05 Å². The Morgan fingerprint density at radius 2 is 1.30 bits per heavy atom. The average molecular weight is 377 g/mol. The van der Waals surface area contributed by atoms with Crippen molar-refractivity contribution in [3.05, 3.63) is 48.5 Å². The van der Waals surface area contributed by atoms with E-state index in [1.807, 2.05) is 52.0 Å². The van der Waals surface area contributed by atoms with E-state index in [0.717, 1.165) is 10.6 Å². The van der Waals surface area contributed by atoms with Crippen molar-refractivity contribution in [2.24, 2.45) is 0 Å². The lowest BCUT2D eigenvalue weighted by atomic mass is 10.3. The summed E-state index contributed by atoms with van der Waals surface area (Å²) in [6.07, 6.45) is 0. The van der Waals surface area contributed by atoms with Gasteiger partial charge < -0.3 is 11.5 Å². The summed E-state index contributed by atoms with van der Waals surface area (Å²) in [4.78, 5) is 0.934. The Balaban J connectivity index is 0. The predicted octanol–water partition coefficient (Wildman–Crippen LogP) is 4.81. The molecule has 0 amide bonds. The van der Waals surface area contributed by atoms with Gasteiger partial charge >= 0.3 is 0 Å². The number of nitrogens with two attached hydrogens (primary N) is 2. The highest BCUT2D eigenvalue weighted by atomic mass is 35.7. The van der Waals surface area contributed by atoms with Gasteiger partial charge in [-0.15, -0.1) is 12.6 Å². The molecule has 0 aliphatic heterocycles. The van der Waals surface area contributed by atoms with Crippen LogP contribution in [-0.4, -0.2) is 8.42 Å². The molecule has 130 valence electrons. The van der Waals surface area contributed by atoms with Gasteiger partial charge in [0.1, 0.15) is 0 Å². The fourth-order valence-corrected chi connectivity index (χ4v) is 2.23. The highest BCUT2D eigenvalue weighted by Gasteiger charge is 2.08. The first-order chi connectivity index (χ1) is 10.8. The van der Waals surface area contributed by atoms with E-state index in [-0.39, 0.29) is 4.90 Å². The molecule has 2 aromatic rings. The highest BCUT2D eigenvalue weighted by molar-refractivity contribution is 8.13. The molecule has 0 heterocycles. The van der Waals surface area contributed by atoms with Crippen LogP contribution >= 0.6 is 23.3 Å². The van der Waals surface area contributed by atoms with Crippen LogP contribution < -0.4 is 11.5 Å². The second-order valence-corrected chi connectivity index (χ2v) is 6.69. The van der Waals surface area contributed by atoms with Gasteiger partial charge in [0.05, 0.1) is 4.90 Å². The van der Waals surface area contributed by atoms with Crippen molar-refractivity contribution >= 4 is 43.7 Å². The van der Waals surface area contributed by atoms with Gasteiger partial charge in [0.2, 0.25) is 0 Å². The van der Waals surface area contributed by atoms with Gasteiger partial charge in [-0.2, -0.15) is 0 Å². The minimum absolute atomic E-state index is 0.0270. The van der Waals surface area contributed by atoms with Gasteiger partial charge in [0.25, 0.3) is 9.05 Å². The molecule has 0 unspecified atom stereocenters. The van der Waals surface area contributed by atoms with Gasteiger partial charge in [-0.1, -0.05) is 39.8 Å². The summed E-state index contributed by atoms with van der Waals surface area (Å²) in [5.74, 6) is 0. The molecular formula is C16H25ClN2O2S2. The zero-order valence-electron chi connectivity index (χ0n) is 13.8. The van der Waals surface area contributed by atoms with Gasteiger partial charge in [-0.25, -0.2) is 8.42 Å². The SMILES string of the molecule is CC.CC.Nc1cccc(S(=O)(=O)Cl)c1.Nc1cccc(S)c1. The molecule has 0 saturated heterocycles. The van der Waals surface area contributed by atoms with Crippen molar-refractivity contribution < 1.29 is 8.42 Å². The maximum Gasteiger partial charge on any atom is 0.261 e. The Morgan fingerprint density at radius 3 is 1.57 bits per heavy atom. The Kier molecular flexibility index (Phi) is 13.6. The van der Waals surface area contributed by atoms with E-state index in [0.29, 0.717) is 5.69 Å². The predicted molar refractivity (Wildman–Crippen MR) is 105 cm³/mol. The zero-order valence-corrected chi connectivity index (χ0v) is 16.3. The first-order valence-corrected chi connectivity index (χ1v) is 9.89. The van der Waals surface area contributed by atoms with Crippen LogP contribution in [0.1, 0.15) is 27.7 Å². The quantitative estimate of drug-likeness (QED) is 0.379. The van der Waals surface area contributed by atoms with E-state index < -0.39 is 9.05 Å². The molecule has 0 bridgehead atoms. The van der Waals surface area contributed by atoms with E-state index in [2.05, 4.69) is 12.6 Å². The van der Waals surface area contributed by atoms with Crippen LogP contribution in [0.4, 0.5) is 11.4 Å². The fourth-order valence-electron chi connectivity index (χ4n) is 1.19. The van der Waals surface area contributed by atoms with Crippen molar-refractivity contribution in [1.82, 2.24) is 0 Å². The first kappa shape index (κ1) is 23.9. The molecule has 0 saturated carbocycles. The first-order valence-electron chi connectivity index (χ1n) is 7.14. The average Bonchev–Trinajstić information content (AvgIpc) is 2.51.